The molecule has 7 heterocycles. The zero-order valence-electron chi connectivity index (χ0n) is 90.1. The number of hydrogen-bond donors (Lipinski definition) is 9. The van der Waals surface area contributed by atoms with Crippen LogP contribution in [-0.2, 0) is 80.8 Å². The van der Waals surface area contributed by atoms with E-state index in [0.717, 1.165) is 14.7 Å². The van der Waals surface area contributed by atoms with Crippen LogP contribution < -0.4 is 14.2 Å². The Morgan fingerprint density at radius 2 is 0.858 bits per heavy atom. The maximum Gasteiger partial charge on any atom is 0.329 e. The van der Waals surface area contributed by atoms with E-state index in [1.54, 1.807) is 109 Å². The summed E-state index contributed by atoms with van der Waals surface area (Å²) in [6.45, 7) is 38.2. The second-order valence-corrected chi connectivity index (χ2v) is 47.0. The fourth-order valence-corrected chi connectivity index (χ4v) is 27.0. The van der Waals surface area contributed by atoms with Crippen molar-refractivity contribution in [3.05, 3.63) is 72.8 Å². The number of carbonyl (C=O) groups is 4. The minimum Gasteiger partial charge on any atom is -0.497 e. The number of aliphatic hydroxyl groups is 9. The molecule has 1 amide bonds. The number of benzene rings is 3. The molecule has 38 atom stereocenters. The predicted molar refractivity (Wildman–Crippen MR) is 532 cm³/mol. The maximum atomic E-state index is 15.4. The van der Waals surface area contributed by atoms with E-state index in [1.807, 2.05) is 147 Å². The van der Waals surface area contributed by atoms with Gasteiger partial charge in [-0.05, 0) is 290 Å². The highest BCUT2D eigenvalue weighted by Gasteiger charge is 2.58. The molecule has 7 aliphatic heterocycles. The highest BCUT2D eigenvalue weighted by atomic mass is 32.3. The van der Waals surface area contributed by atoms with E-state index in [9.17, 15) is 55.5 Å². The van der Waals surface area contributed by atoms with Crippen molar-refractivity contribution < 1.29 is 141 Å². The number of esters is 3. The van der Waals surface area contributed by atoms with Crippen LogP contribution in [0.2, 0.25) is 0 Å². The van der Waals surface area contributed by atoms with Gasteiger partial charge in [0.05, 0.1) is 110 Å². The Balaban J connectivity index is 0.000000363. The Kier molecular flexibility index (Phi) is 41.9. The van der Waals surface area contributed by atoms with Gasteiger partial charge >= 0.3 is 17.9 Å². The first-order valence-corrected chi connectivity index (χ1v) is 52.6. The van der Waals surface area contributed by atoms with E-state index in [4.69, 9.17) is 75.8 Å². The quantitative estimate of drug-likeness (QED) is 0.0281. The standard InChI is InChI=1S/C68H105N3O17S.C38H72N2O12/c1-19-55-68(11,78)59(72)45(7)70(14)38-40(2)36-66(9,77)61(43(5)57(44(6)63(75)85-55)86-56-37-67(10,82-18)60(73)46(8)84-56)88-65-58(54(69(12)13)35-42(4)83-65)87-64(76)53-21-20-34-71(53)62(74)41(3)39-89(50-28-22-47(79-15)23-29-50,51-30-24-48(80-16)25-31-51)52-32-26-49(81-17)27-33-52;1-15-27-38(10,46)31(42)24(6)40(13)19-20(2)17-36(8,45)33(52-35-29(41)26(39(11)12)16-21(3)48-35)22(4)30(23(5)34(44)50-27)51-28-18-37(9,47-14)32(43)25(7)49-28/h22-33,40-46,53-61,65,72-73,77-78H,19-21,34-39H2,1-18H3;20-33,35,41-43,45-46H,15-19H2,1-14H3/t40-,41+,42-,43+,44-,45-,46+,53+,54+,55-,56+,57+,58-,59-,60+,61-,65+,66-,67-,68-;20-,21-,22+,23-,24-,25+,26+,27-,28+,29-,30+,31-,32+,33-,35+,36-,37-,38-/m11/s1. The number of carbonyl (C=O) groups excluding carboxylic acids is 4. The number of ether oxygens (including phenoxy) is 16. The Hall–Kier alpha value is -5.63. The molecule has 806 valence electrons. The summed E-state index contributed by atoms with van der Waals surface area (Å²) < 4.78 is 101. The number of likely N-dealkylation sites (N-methyl/N-ethyl adjacent to an activating group) is 4. The third kappa shape index (κ3) is 27.4. The Morgan fingerprint density at radius 3 is 1.21 bits per heavy atom. The van der Waals surface area contributed by atoms with Crippen LogP contribution in [0.25, 0.3) is 0 Å². The summed E-state index contributed by atoms with van der Waals surface area (Å²) in [5.41, 5.74) is -9.11. The van der Waals surface area contributed by atoms with Gasteiger partial charge in [0.1, 0.15) is 77.2 Å². The lowest BCUT2D eigenvalue weighted by atomic mass is 9.77. The average molecular weight is 2020 g/mol. The molecule has 34 nitrogen and oxygen atoms in total. The fraction of sp³-hybridized carbons (Fsp3) is 0.792. The topological polar surface area (TPSA) is 414 Å². The minimum absolute atomic E-state index is 0.0585. The molecular formula is C106H177N5O29S. The largest absolute Gasteiger partial charge is 0.497 e. The molecule has 3 aromatic rings. The Morgan fingerprint density at radius 1 is 0.496 bits per heavy atom. The number of cyclic esters (lactones) is 2. The van der Waals surface area contributed by atoms with Gasteiger partial charge in [-0.3, -0.25) is 14.4 Å². The zero-order valence-corrected chi connectivity index (χ0v) is 91.0. The molecule has 0 spiro atoms. The molecule has 0 aliphatic carbocycles. The van der Waals surface area contributed by atoms with E-state index in [1.165, 1.54) is 28.1 Å². The average Bonchev–Trinajstić information content (AvgIpc) is 1.16. The van der Waals surface area contributed by atoms with Gasteiger partial charge in [-0.2, -0.15) is 10.0 Å². The summed E-state index contributed by atoms with van der Waals surface area (Å²) in [7, 11) is 16.9. The van der Waals surface area contributed by atoms with Crippen LogP contribution in [0.1, 0.15) is 210 Å². The van der Waals surface area contributed by atoms with E-state index >= 15 is 9.59 Å². The van der Waals surface area contributed by atoms with Crippen LogP contribution in [0, 0.1) is 41.4 Å². The van der Waals surface area contributed by atoms with E-state index in [0.29, 0.717) is 68.3 Å². The summed E-state index contributed by atoms with van der Waals surface area (Å²) in [5.74, 6) is -4.60. The number of nitrogens with zero attached hydrogens (tertiary/aromatic N) is 5. The predicted octanol–water partition coefficient (Wildman–Crippen LogP) is 9.99. The van der Waals surface area contributed by atoms with Gasteiger partial charge in [0, 0.05) is 88.3 Å². The van der Waals surface area contributed by atoms with Gasteiger partial charge in [-0.15, -0.1) is 0 Å². The molecule has 0 aromatic heterocycles. The first-order chi connectivity index (χ1) is 65.8. The molecule has 9 N–H and O–H groups in total. The molecule has 10 rings (SSSR count). The van der Waals surface area contributed by atoms with Crippen LogP contribution in [-0.4, -0.2) is 384 Å². The molecule has 0 saturated carbocycles. The number of hydrogen-bond acceptors (Lipinski definition) is 33. The summed E-state index contributed by atoms with van der Waals surface area (Å²) >= 11 is 0. The monoisotopic (exact) mass is 2020 g/mol. The molecular weight excluding hydrogens is 1840 g/mol. The lowest BCUT2D eigenvalue weighted by Gasteiger charge is -2.49. The summed E-state index contributed by atoms with van der Waals surface area (Å²) in [6.07, 6.45) is -17.1. The van der Waals surface area contributed by atoms with Gasteiger partial charge in [0.25, 0.3) is 0 Å². The third-order valence-electron chi connectivity index (χ3n) is 31.8. The van der Waals surface area contributed by atoms with Gasteiger partial charge in [0.15, 0.2) is 31.3 Å². The van der Waals surface area contributed by atoms with Gasteiger partial charge < -0.3 is 146 Å². The molecule has 7 saturated heterocycles. The van der Waals surface area contributed by atoms with Crippen LogP contribution in [0.5, 0.6) is 17.2 Å². The van der Waals surface area contributed by atoms with E-state index in [2.05, 4.69) is 36.4 Å². The highest BCUT2D eigenvalue weighted by molar-refractivity contribution is 8.33. The summed E-state index contributed by atoms with van der Waals surface area (Å²) in [5, 5.41) is 107. The second kappa shape index (κ2) is 49.7. The zero-order chi connectivity index (χ0) is 105. The summed E-state index contributed by atoms with van der Waals surface area (Å²) in [4.78, 5) is 72.2. The molecule has 0 radical (unpaired) electrons. The first kappa shape index (κ1) is 119. The Bertz CT molecular complexity index is 4290. The molecule has 3 aromatic carbocycles. The van der Waals surface area contributed by atoms with Crippen molar-refractivity contribution in [2.75, 3.05) is 103 Å². The third-order valence-corrected chi connectivity index (χ3v) is 36.0. The summed E-state index contributed by atoms with van der Waals surface area (Å²) in [6, 6.07) is 21.1. The highest BCUT2D eigenvalue weighted by Crippen LogP contribution is 2.70. The fourth-order valence-electron chi connectivity index (χ4n) is 22.9. The molecule has 7 fully saturated rings. The molecule has 35 heteroatoms. The molecule has 7 aliphatic rings. The Labute approximate surface area is 840 Å². The number of rotatable bonds is 25. The van der Waals surface area contributed by atoms with Crippen LogP contribution in [0.15, 0.2) is 87.5 Å². The van der Waals surface area contributed by atoms with Crippen molar-refractivity contribution in [3.63, 3.8) is 0 Å². The molecule has 141 heavy (non-hydrogen) atoms. The lowest BCUT2D eigenvalue weighted by molar-refractivity contribution is -0.319. The van der Waals surface area contributed by atoms with Gasteiger partial charge in [-0.25, -0.2) is 4.79 Å². The van der Waals surface area contributed by atoms with E-state index < -0.39 is 232 Å². The number of aliphatic hydroxyl groups excluding tert-OH is 5. The first-order valence-electron chi connectivity index (χ1n) is 50.8. The van der Waals surface area contributed by atoms with Crippen molar-refractivity contribution in [1.82, 2.24) is 24.5 Å². The minimum atomic E-state index is -2.24. The maximum absolute atomic E-state index is 15.4. The SMILES string of the molecule is CC[C@H]1OC(=O)[C@H](C)[C@@H](O[C@H]2C[C@@](C)(OC)[C@@H](O)[C@H](C)O2)[C@H](C)[C@@H](O[C@@H]2O[C@H](C)C[C@H](N(C)C)[C@H]2O)[C@](C)(O)C[C@@H](C)CN(C)[C@H](C)[C@@H](O)[C@]1(C)O.CC[C@H]1OC(=O)[C@H](C)[C@@H](O[C@H]2C[C@@](C)(OC)[C@@H](O)[C@H](C)O2)[C@H](C)[C@@H](O[C@@H]2O[C@H](C)C[C@H](N(C)C)[C@H]2OC(=O)[C@@H]2CCCN2C(=O)[C@@H](C)CS(c2ccc(OC)cc2)(c2ccc(OC)cc2)c2ccc(OC)cc2)[C@](C)(O)C[C@@H](C)CN(C)[C@H](C)[C@@H](O)[C@]1(C)O. The number of methoxy groups -OCH3 is 5. The number of likely N-dealkylation sites (tertiary alicyclic amines) is 1. The van der Waals surface area contributed by atoms with Gasteiger partial charge in [-0.1, -0.05) is 48.5 Å². The van der Waals surface area contributed by atoms with Crippen LogP contribution in [0.4, 0.5) is 0 Å². The normalized spacial score (nSPS) is 41.1. The van der Waals surface area contributed by atoms with Crippen molar-refractivity contribution in [3.8, 4) is 17.2 Å². The van der Waals surface area contributed by atoms with E-state index in [-0.39, 0.29) is 68.4 Å². The van der Waals surface area contributed by atoms with Crippen molar-refractivity contribution >= 4 is 33.8 Å². The molecule has 0 unspecified atom stereocenters. The van der Waals surface area contributed by atoms with Crippen molar-refractivity contribution in [2.45, 2.75) is 411 Å². The van der Waals surface area contributed by atoms with Crippen molar-refractivity contribution in [1.29, 1.82) is 0 Å². The molecule has 0 bridgehead atoms. The van der Waals surface area contributed by atoms with Crippen LogP contribution >= 0.6 is 10.0 Å². The van der Waals surface area contributed by atoms with Crippen molar-refractivity contribution in [2.24, 2.45) is 41.4 Å². The van der Waals surface area contributed by atoms with Crippen LogP contribution in [0.3, 0.4) is 0 Å². The van der Waals surface area contributed by atoms with Gasteiger partial charge in [0.2, 0.25) is 5.91 Å². The number of amides is 1. The second-order valence-electron chi connectivity index (χ2n) is 43.8. The smallest absolute Gasteiger partial charge is 0.329 e. The lowest BCUT2D eigenvalue weighted by Crippen LogP contribution is -2.61.